The fraction of sp³-hybridized carbons (Fsp3) is 0.613. The molecule has 0 radical (unpaired) electrons. The van der Waals surface area contributed by atoms with Crippen LogP contribution in [0.15, 0.2) is 72.5 Å². The van der Waals surface area contributed by atoms with Gasteiger partial charge in [-0.25, -0.2) is 39.1 Å². The zero-order valence-corrected chi connectivity index (χ0v) is 77.7. The number of benzene rings is 2. The fourth-order valence-electron chi connectivity index (χ4n) is 19.1. The summed E-state index contributed by atoms with van der Waals surface area (Å²) in [6.45, 7) is 33.4. The lowest BCUT2D eigenvalue weighted by molar-refractivity contribution is -0.148. The molecule has 6 amide bonds. The zero-order chi connectivity index (χ0) is 90.3. The highest BCUT2D eigenvalue weighted by Gasteiger charge is 2.64. The van der Waals surface area contributed by atoms with E-state index in [0.717, 1.165) is 75.2 Å². The van der Waals surface area contributed by atoms with E-state index in [1.165, 1.54) is 97.0 Å². The lowest BCUT2D eigenvalue weighted by Gasteiger charge is -2.35. The summed E-state index contributed by atoms with van der Waals surface area (Å²) in [6, 6.07) is 6.89. The summed E-state index contributed by atoms with van der Waals surface area (Å²) in [4.78, 5) is 138. The molecular weight excluding hydrogens is 1700 g/mol. The molecule has 686 valence electrons. The predicted octanol–water partition coefficient (Wildman–Crippen LogP) is 14.3. The lowest BCUT2D eigenvalue weighted by atomic mass is 9.85. The molecule has 6 aliphatic carbocycles. The summed E-state index contributed by atoms with van der Waals surface area (Å²) in [6.07, 6.45) is 13.4. The van der Waals surface area contributed by atoms with E-state index in [9.17, 15) is 43.5 Å². The Morgan fingerprint density at radius 1 is 0.535 bits per heavy atom. The molecule has 34 heteroatoms. The van der Waals surface area contributed by atoms with Gasteiger partial charge in [0.05, 0.1) is 42.6 Å². The Bertz CT molecular complexity index is 5100. The molecule has 8 heterocycles. The van der Waals surface area contributed by atoms with Crippen molar-refractivity contribution in [1.29, 1.82) is 0 Å². The molecule has 2 aromatic carbocycles. The van der Waals surface area contributed by atoms with Crippen molar-refractivity contribution in [2.75, 3.05) is 83.3 Å². The van der Waals surface area contributed by atoms with Gasteiger partial charge in [-0.15, -0.1) is 35.8 Å². The number of rotatable bonds is 32. The number of halogens is 2. The zero-order valence-electron chi connectivity index (χ0n) is 74.5. The number of likely N-dealkylation sites (tertiary alicyclic amines) is 4. The minimum Gasteiger partial charge on any atom is -0.491 e. The number of anilines is 2. The van der Waals surface area contributed by atoms with Crippen LogP contribution in [0.25, 0.3) is 44.6 Å². The van der Waals surface area contributed by atoms with Crippen LogP contribution in [0, 0.1) is 46.3 Å². The minimum atomic E-state index is -1.53. The van der Waals surface area contributed by atoms with Gasteiger partial charge in [-0.1, -0.05) is 89.7 Å². The molecule has 4 unspecified atom stereocenters. The van der Waals surface area contributed by atoms with Crippen LogP contribution in [-0.2, 0) is 43.0 Å². The Balaban J connectivity index is 0.000000196. The number of carboxylic acids is 1. The number of ether oxygens (including phenoxy) is 7. The van der Waals surface area contributed by atoms with Crippen molar-refractivity contribution in [3.05, 3.63) is 82.5 Å². The SMILES string of the molecule is C=C[C@@H]1CC1(NC(=O)[C@@H]1C[C@@H](Oc2cc(-c3csc(NC(C)C)n3)nc3c(Cl)c(OCCN4CCCCC4)ccc23)CN1C(=O)[C@@H](NC(=O)OC1C[C@@H]2C[C@@H]2C1)C(C)(C)C)C(=O)O.C=C[C@@H]1CC1(NC(=O)[C@@H]1C[C@@H](Oc2cc(-c3csc(NC(C)C)n3)nc3c(Cl)c(OCCN4CCCCC4)ccc23)CN1C(=O)[C@@H](NC(=O)OC1C[C@@H]2C[C@@H]2C1)C(C)(C)C)C(=O)OC. The third-order valence-electron chi connectivity index (χ3n) is 26.5. The molecule has 4 aliphatic heterocycles. The molecule has 0 bridgehead atoms. The van der Waals surface area contributed by atoms with E-state index >= 15 is 0 Å². The van der Waals surface area contributed by atoms with Gasteiger partial charge in [0.1, 0.15) is 117 Å². The molecule has 7 N–H and O–H groups in total. The summed E-state index contributed by atoms with van der Waals surface area (Å²) in [5.41, 5.74) is -1.27. The maximum atomic E-state index is 14.9. The smallest absolute Gasteiger partial charge is 0.408 e. The fourth-order valence-corrected chi connectivity index (χ4v) is 21.3. The summed E-state index contributed by atoms with van der Waals surface area (Å²) < 4.78 is 42.9. The van der Waals surface area contributed by atoms with E-state index in [0.29, 0.717) is 121 Å². The molecule has 4 aromatic heterocycles. The quantitative estimate of drug-likeness (QED) is 0.0117. The molecule has 10 fully saturated rings. The Labute approximate surface area is 760 Å². The van der Waals surface area contributed by atoms with Crippen LogP contribution < -0.4 is 50.8 Å². The number of alkyl carbamates (subject to hydrolysis) is 2. The topological polar surface area (TPSA) is 358 Å². The van der Waals surface area contributed by atoms with E-state index in [1.807, 2.05) is 98.2 Å². The van der Waals surface area contributed by atoms with Crippen LogP contribution >= 0.6 is 45.9 Å². The van der Waals surface area contributed by atoms with Crippen molar-refractivity contribution >= 4 is 126 Å². The number of carbonyl (C=O) groups is 8. The molecular formula is C93H122Cl2N14O16S2. The van der Waals surface area contributed by atoms with Crippen molar-refractivity contribution in [1.82, 2.24) is 60.8 Å². The number of pyridine rings is 2. The Morgan fingerprint density at radius 2 is 0.929 bits per heavy atom. The predicted molar refractivity (Wildman–Crippen MR) is 487 cm³/mol. The van der Waals surface area contributed by atoms with Crippen molar-refractivity contribution in [2.24, 2.45) is 46.3 Å². The van der Waals surface area contributed by atoms with Crippen LogP contribution in [0.1, 0.15) is 172 Å². The van der Waals surface area contributed by atoms with E-state index in [2.05, 4.69) is 54.9 Å². The van der Waals surface area contributed by atoms with Gasteiger partial charge in [0.25, 0.3) is 0 Å². The minimum absolute atomic E-state index is 0.00788. The number of carboxylic acid groups (broad SMARTS) is 1. The lowest BCUT2D eigenvalue weighted by Crippen LogP contribution is -2.59. The normalized spacial score (nSPS) is 26.9. The Kier molecular flexibility index (Phi) is 27.9. The van der Waals surface area contributed by atoms with E-state index < -0.39 is 112 Å². The molecule has 16 atom stereocenters. The van der Waals surface area contributed by atoms with Crippen molar-refractivity contribution in [3.63, 3.8) is 0 Å². The third kappa shape index (κ3) is 21.2. The van der Waals surface area contributed by atoms with Gasteiger partial charge in [-0.3, -0.25) is 29.0 Å². The largest absolute Gasteiger partial charge is 0.491 e. The maximum absolute atomic E-state index is 14.9. The maximum Gasteiger partial charge on any atom is 0.408 e. The third-order valence-corrected chi connectivity index (χ3v) is 28.8. The molecule has 6 aromatic rings. The number of nitrogens with one attached hydrogen (secondary N) is 6. The molecule has 4 saturated heterocycles. The number of thiazole rings is 2. The first-order valence-corrected chi connectivity index (χ1v) is 47.6. The van der Waals surface area contributed by atoms with Gasteiger partial charge in [-0.05, 0) is 190 Å². The van der Waals surface area contributed by atoms with E-state index in [-0.39, 0.29) is 62.6 Å². The van der Waals surface area contributed by atoms with Crippen LogP contribution in [-0.4, -0.2) is 237 Å². The van der Waals surface area contributed by atoms with Crippen molar-refractivity contribution in [2.45, 2.75) is 244 Å². The number of carbonyl (C=O) groups excluding carboxylic acids is 7. The first-order chi connectivity index (χ1) is 60.6. The van der Waals surface area contributed by atoms with Crippen LogP contribution in [0.5, 0.6) is 23.0 Å². The summed E-state index contributed by atoms with van der Waals surface area (Å²) >= 11 is 17.2. The van der Waals surface area contributed by atoms with Gasteiger partial charge in [0.15, 0.2) is 10.3 Å². The number of aromatic nitrogens is 4. The van der Waals surface area contributed by atoms with Gasteiger partial charge < -0.3 is 80.0 Å². The second-order valence-electron chi connectivity index (χ2n) is 38.9. The van der Waals surface area contributed by atoms with Gasteiger partial charge in [0.2, 0.25) is 23.6 Å². The highest BCUT2D eigenvalue weighted by molar-refractivity contribution is 7.14. The number of nitrogens with zero attached hydrogens (tertiary/aromatic N) is 8. The summed E-state index contributed by atoms with van der Waals surface area (Å²) in [5, 5.41) is 35.4. The molecule has 0 spiro atoms. The second kappa shape index (κ2) is 38.4. The number of piperidine rings is 2. The number of amides is 6. The second-order valence-corrected chi connectivity index (χ2v) is 41.4. The molecule has 30 nitrogen and oxygen atoms in total. The van der Waals surface area contributed by atoms with Crippen LogP contribution in [0.3, 0.4) is 0 Å². The standard InChI is InChI=1S/C47H62ClN7O8S.C46H60ClN7O8S/c1-8-29-23-47(29,43(58)60-7)53-41(56)35-21-31(24-55(35)42(57)40(46(4,5)6)52-45(59)63-30-19-27-18-28(27)20-30)62-37-22-33(34-25-64-44(51-34)49-26(2)3)50-39-32(37)12-13-36(38(39)48)61-17-16-54-14-10-9-11-15-54;1-7-28-22-46(28,42(57)58)52-40(55)34-20-30(23-54(34)41(56)39(45(4,5)6)51-44(59)62-29-18-26-17-27(26)19-29)61-36-21-32(33-24-63-43(50-33)48-25(2)3)49-38-31(36)11-12-35(37(38)47)60-16-15-53-13-9-8-10-14-53/h8,12-13,22,25-31,35,40H,1,9-11,14-21,23-24H2,2-7H3,(H,49,51)(H,52,59)(H,53,56);7,11-12,21,24-30,34,39H,1,8-10,13-20,22-23H2,2-6H3,(H,48,50)(H,51,59)(H,52,55)(H,57,58)/t27-,28+,29-,30?,31-,35+,40-,47?;26-,27+,28-,29?,30-,34+,39-,46?/m11/s1. The number of fused-ring (bicyclic) bond motifs is 4. The molecule has 127 heavy (non-hydrogen) atoms. The van der Waals surface area contributed by atoms with Gasteiger partial charge >= 0.3 is 24.1 Å². The number of methoxy groups -OCH3 is 1. The monoisotopic (exact) mass is 1820 g/mol. The first-order valence-electron chi connectivity index (χ1n) is 45.1. The number of esters is 1. The summed E-state index contributed by atoms with van der Waals surface area (Å²) in [5.74, 6) is -0.523. The van der Waals surface area contributed by atoms with Crippen molar-refractivity contribution in [3.8, 4) is 45.8 Å². The molecule has 6 saturated carbocycles. The average Bonchev–Trinajstić information content (AvgIpc) is 1.58. The Morgan fingerprint density at radius 3 is 1.29 bits per heavy atom. The number of aliphatic carboxylic acids is 1. The van der Waals surface area contributed by atoms with Gasteiger partial charge in [-0.2, -0.15) is 0 Å². The average molecular weight is 1830 g/mol. The van der Waals surface area contributed by atoms with E-state index in [4.69, 9.17) is 76.3 Å². The first kappa shape index (κ1) is 92.4. The highest BCUT2D eigenvalue weighted by Crippen LogP contribution is 2.54. The van der Waals surface area contributed by atoms with Crippen LogP contribution in [0.4, 0.5) is 19.9 Å². The van der Waals surface area contributed by atoms with Gasteiger partial charge in [0, 0.05) is 83.5 Å². The summed E-state index contributed by atoms with van der Waals surface area (Å²) in [7, 11) is 1.27. The van der Waals surface area contributed by atoms with Crippen LogP contribution in [0.2, 0.25) is 10.0 Å². The molecule has 10 aliphatic rings. The van der Waals surface area contributed by atoms with E-state index in [1.54, 1.807) is 24.3 Å². The Hall–Kier alpha value is -9.34. The molecule has 16 rings (SSSR count). The number of hydrogen-bond donors (Lipinski definition) is 7. The number of hydrogen-bond acceptors (Lipinski definition) is 25. The highest BCUT2D eigenvalue weighted by atomic mass is 35.5. The van der Waals surface area contributed by atoms with Crippen molar-refractivity contribution < 1.29 is 76.6 Å².